The molecular weight excluding hydrogens is 457 g/mol. The number of aromatic nitrogens is 4. The van der Waals surface area contributed by atoms with Crippen LogP contribution in [0.4, 0.5) is 13.2 Å². The molecule has 184 valence electrons. The summed E-state index contributed by atoms with van der Waals surface area (Å²) in [5.41, 5.74) is 7.23. The van der Waals surface area contributed by atoms with Crippen LogP contribution in [0.1, 0.15) is 38.8 Å². The maximum absolute atomic E-state index is 14.2. The van der Waals surface area contributed by atoms with Gasteiger partial charge in [-0.3, -0.25) is 9.30 Å². The zero-order valence-corrected chi connectivity index (χ0v) is 19.8. The van der Waals surface area contributed by atoms with E-state index in [4.69, 9.17) is 15.5 Å². The summed E-state index contributed by atoms with van der Waals surface area (Å²) in [5, 5.41) is 9.29. The fourth-order valence-electron chi connectivity index (χ4n) is 4.66. The molecule has 3 aromatic heterocycles. The molecule has 4 heterocycles. The highest BCUT2D eigenvalue weighted by atomic mass is 19.4. The van der Waals surface area contributed by atoms with Crippen molar-refractivity contribution in [1.82, 2.24) is 24.5 Å². The first kappa shape index (κ1) is 23.5. The number of hydrogen-bond donors (Lipinski definition) is 1. The number of nitrogens with two attached hydrogens (primary N) is 1. The SMILES string of the molecule is CC(C)Oc1ccc2ccc(-c3nnc4ccc([C@H](N5CC[C@](C)(N)C5)C(F)(F)F)cn34)nc2c1. The Hall–Kier alpha value is -3.24. The van der Waals surface area contributed by atoms with Crippen molar-refractivity contribution >= 4 is 16.6 Å². The van der Waals surface area contributed by atoms with E-state index >= 15 is 0 Å². The normalized spacial score (nSPS) is 20.2. The number of nitrogens with zero attached hydrogens (tertiary/aromatic N) is 5. The van der Waals surface area contributed by atoms with Gasteiger partial charge in [-0.1, -0.05) is 12.1 Å². The first-order chi connectivity index (χ1) is 16.5. The van der Waals surface area contributed by atoms with Gasteiger partial charge in [0, 0.05) is 36.3 Å². The molecule has 0 spiro atoms. The summed E-state index contributed by atoms with van der Waals surface area (Å²) in [6.45, 7) is 6.11. The minimum Gasteiger partial charge on any atom is -0.491 e. The number of alkyl halides is 3. The Morgan fingerprint density at radius 2 is 1.86 bits per heavy atom. The Morgan fingerprint density at radius 1 is 1.09 bits per heavy atom. The van der Waals surface area contributed by atoms with E-state index in [0.717, 1.165) is 5.39 Å². The van der Waals surface area contributed by atoms with Crippen LogP contribution in [0.25, 0.3) is 28.1 Å². The number of fused-ring (bicyclic) bond motifs is 2. The summed E-state index contributed by atoms with van der Waals surface area (Å²) in [4.78, 5) is 6.10. The van der Waals surface area contributed by atoms with Crippen molar-refractivity contribution in [3.8, 4) is 17.3 Å². The van der Waals surface area contributed by atoms with Gasteiger partial charge in [-0.15, -0.1) is 10.2 Å². The second-order valence-electron chi connectivity index (χ2n) is 9.75. The minimum absolute atomic E-state index is 0.0174. The lowest BCUT2D eigenvalue weighted by Crippen LogP contribution is -2.43. The van der Waals surface area contributed by atoms with E-state index < -0.39 is 17.8 Å². The Morgan fingerprint density at radius 3 is 2.54 bits per heavy atom. The van der Waals surface area contributed by atoms with Gasteiger partial charge in [0.1, 0.15) is 17.5 Å². The number of pyridine rings is 2. The van der Waals surface area contributed by atoms with Crippen LogP contribution in [0.2, 0.25) is 0 Å². The summed E-state index contributed by atoms with van der Waals surface area (Å²) < 4.78 is 50.0. The molecular formula is C25H27F3N6O. The second kappa shape index (κ2) is 8.46. The third kappa shape index (κ3) is 4.68. The Bertz CT molecular complexity index is 1380. The first-order valence-electron chi connectivity index (χ1n) is 11.5. The largest absolute Gasteiger partial charge is 0.491 e. The minimum atomic E-state index is -4.46. The first-order valence-corrected chi connectivity index (χ1v) is 11.5. The Kier molecular flexibility index (Phi) is 5.68. The van der Waals surface area contributed by atoms with E-state index in [0.29, 0.717) is 34.9 Å². The third-order valence-corrected chi connectivity index (χ3v) is 6.22. The third-order valence-electron chi connectivity index (χ3n) is 6.22. The predicted molar refractivity (Wildman–Crippen MR) is 127 cm³/mol. The molecule has 0 amide bonds. The molecule has 2 atom stereocenters. The average molecular weight is 485 g/mol. The lowest BCUT2D eigenvalue weighted by atomic mass is 10.0. The highest BCUT2D eigenvalue weighted by Gasteiger charge is 2.48. The van der Waals surface area contributed by atoms with E-state index in [1.54, 1.807) is 23.5 Å². The number of halogens is 3. The molecule has 7 nitrogen and oxygen atoms in total. The molecule has 0 aliphatic carbocycles. The molecule has 2 N–H and O–H groups in total. The van der Waals surface area contributed by atoms with Crippen molar-refractivity contribution in [2.24, 2.45) is 5.73 Å². The van der Waals surface area contributed by atoms with E-state index in [9.17, 15) is 13.2 Å². The monoisotopic (exact) mass is 484 g/mol. The molecule has 0 saturated carbocycles. The van der Waals surface area contributed by atoms with Gasteiger partial charge in [-0.2, -0.15) is 13.2 Å². The van der Waals surface area contributed by atoms with Gasteiger partial charge in [0.05, 0.1) is 11.6 Å². The highest BCUT2D eigenvalue weighted by molar-refractivity contribution is 5.82. The molecule has 1 aromatic carbocycles. The number of ether oxygens (including phenoxy) is 1. The van der Waals surface area contributed by atoms with Crippen molar-refractivity contribution in [3.05, 3.63) is 54.2 Å². The molecule has 0 radical (unpaired) electrons. The van der Waals surface area contributed by atoms with Crippen molar-refractivity contribution in [3.63, 3.8) is 0 Å². The molecule has 1 aliphatic rings. The van der Waals surface area contributed by atoms with Gasteiger partial charge in [-0.25, -0.2) is 4.98 Å². The summed E-state index contributed by atoms with van der Waals surface area (Å²) in [6.07, 6.45) is -2.48. The molecule has 0 bridgehead atoms. The van der Waals surface area contributed by atoms with Crippen LogP contribution < -0.4 is 10.5 Å². The van der Waals surface area contributed by atoms with Gasteiger partial charge in [0.2, 0.25) is 0 Å². The molecule has 4 aromatic rings. The molecule has 1 saturated heterocycles. The van der Waals surface area contributed by atoms with Crippen LogP contribution in [0.5, 0.6) is 5.75 Å². The average Bonchev–Trinajstić information content (AvgIpc) is 3.34. The van der Waals surface area contributed by atoms with Crippen molar-refractivity contribution < 1.29 is 17.9 Å². The summed E-state index contributed by atoms with van der Waals surface area (Å²) in [7, 11) is 0. The van der Waals surface area contributed by atoms with Gasteiger partial charge in [0.25, 0.3) is 0 Å². The van der Waals surface area contributed by atoms with Gasteiger partial charge in [-0.05, 0) is 57.0 Å². The zero-order valence-electron chi connectivity index (χ0n) is 19.8. The van der Waals surface area contributed by atoms with E-state index in [1.807, 2.05) is 38.1 Å². The second-order valence-corrected chi connectivity index (χ2v) is 9.75. The standard InChI is InChI=1S/C25H27F3N6O/c1-15(2)35-18-7-4-16-5-8-19(30-20(16)12-18)23-32-31-21-9-6-17(13-34(21)23)22(25(26,27)28)33-11-10-24(3,29)14-33/h4-9,12-13,15,22H,10-11,14,29H2,1-3H3/t22-,24-/m0/s1. The highest BCUT2D eigenvalue weighted by Crippen LogP contribution is 2.41. The maximum atomic E-state index is 14.2. The van der Waals surface area contributed by atoms with Gasteiger partial charge < -0.3 is 10.5 Å². The fourth-order valence-corrected chi connectivity index (χ4v) is 4.66. The lowest BCUT2D eigenvalue weighted by molar-refractivity contribution is -0.184. The molecule has 1 fully saturated rings. The van der Waals surface area contributed by atoms with Gasteiger partial charge in [0.15, 0.2) is 11.5 Å². The maximum Gasteiger partial charge on any atom is 0.408 e. The molecule has 5 rings (SSSR count). The number of hydrogen-bond acceptors (Lipinski definition) is 6. The van der Waals surface area contributed by atoms with E-state index in [1.165, 1.54) is 17.2 Å². The number of benzene rings is 1. The summed E-state index contributed by atoms with van der Waals surface area (Å²) >= 11 is 0. The van der Waals surface area contributed by atoms with Gasteiger partial charge >= 0.3 is 6.18 Å². The van der Waals surface area contributed by atoms with Crippen LogP contribution in [0.3, 0.4) is 0 Å². The lowest BCUT2D eigenvalue weighted by Gasteiger charge is -2.31. The summed E-state index contributed by atoms with van der Waals surface area (Å²) in [6, 6.07) is 10.6. The molecule has 0 unspecified atom stereocenters. The smallest absolute Gasteiger partial charge is 0.408 e. The van der Waals surface area contributed by atoms with Crippen LogP contribution in [-0.2, 0) is 0 Å². The van der Waals surface area contributed by atoms with Crippen molar-refractivity contribution in [2.75, 3.05) is 13.1 Å². The van der Waals surface area contributed by atoms with E-state index in [2.05, 4.69) is 10.2 Å². The Labute approximate surface area is 200 Å². The zero-order chi connectivity index (χ0) is 25.0. The predicted octanol–water partition coefficient (Wildman–Crippen LogP) is 4.76. The summed E-state index contributed by atoms with van der Waals surface area (Å²) in [5.74, 6) is 1.06. The van der Waals surface area contributed by atoms with Crippen LogP contribution in [0, 0.1) is 0 Å². The Balaban J connectivity index is 1.57. The van der Waals surface area contributed by atoms with Crippen LogP contribution in [0.15, 0.2) is 48.7 Å². The van der Waals surface area contributed by atoms with E-state index in [-0.39, 0.29) is 24.8 Å². The number of rotatable bonds is 5. The van der Waals surface area contributed by atoms with Crippen molar-refractivity contribution in [1.29, 1.82) is 0 Å². The topological polar surface area (TPSA) is 81.6 Å². The van der Waals surface area contributed by atoms with Crippen LogP contribution >= 0.6 is 0 Å². The van der Waals surface area contributed by atoms with Crippen LogP contribution in [-0.4, -0.2) is 55.4 Å². The molecule has 10 heteroatoms. The number of likely N-dealkylation sites (tertiary alicyclic amines) is 1. The molecule has 35 heavy (non-hydrogen) atoms. The van der Waals surface area contributed by atoms with Crippen molar-refractivity contribution in [2.45, 2.75) is 51.1 Å². The quantitative estimate of drug-likeness (QED) is 0.440. The fraction of sp³-hybridized carbons (Fsp3) is 0.400. The molecule has 1 aliphatic heterocycles.